The van der Waals surface area contributed by atoms with Crippen LogP contribution in [0.15, 0.2) is 42.5 Å². The summed E-state index contributed by atoms with van der Waals surface area (Å²) in [6, 6.07) is 9.82. The first kappa shape index (κ1) is 14.9. The van der Waals surface area contributed by atoms with Gasteiger partial charge in [-0.2, -0.15) is 0 Å². The minimum Gasteiger partial charge on any atom is -0.326 e. The predicted molar refractivity (Wildman–Crippen MR) is 76.8 cm³/mol. The summed E-state index contributed by atoms with van der Waals surface area (Å²) in [7, 11) is 0. The van der Waals surface area contributed by atoms with Gasteiger partial charge in [-0.3, -0.25) is 14.9 Å². The number of hydrogen-bond acceptors (Lipinski definition) is 3. The molecule has 0 atom stereocenters. The quantitative estimate of drug-likeness (QED) is 0.693. The van der Waals surface area contributed by atoms with Gasteiger partial charge in [-0.15, -0.1) is 0 Å². The summed E-state index contributed by atoms with van der Waals surface area (Å²) < 4.78 is 13.4. The zero-order valence-corrected chi connectivity index (χ0v) is 11.4. The van der Waals surface area contributed by atoms with Gasteiger partial charge in [-0.1, -0.05) is 29.8 Å². The van der Waals surface area contributed by atoms with Crippen molar-refractivity contribution in [2.24, 2.45) is 0 Å². The molecule has 2 aromatic rings. The number of anilines is 1. The number of benzene rings is 2. The van der Waals surface area contributed by atoms with Crippen LogP contribution in [0, 0.1) is 15.9 Å². The number of nitro groups is 1. The van der Waals surface area contributed by atoms with Gasteiger partial charge in [0.25, 0.3) is 5.69 Å². The molecule has 0 aromatic heterocycles. The van der Waals surface area contributed by atoms with Crippen molar-refractivity contribution in [3.63, 3.8) is 0 Å². The third-order valence-electron chi connectivity index (χ3n) is 2.74. The molecule has 1 N–H and O–H groups in total. The normalized spacial score (nSPS) is 10.2. The van der Waals surface area contributed by atoms with Crippen molar-refractivity contribution >= 4 is 28.9 Å². The Morgan fingerprint density at radius 1 is 1.29 bits per heavy atom. The number of amides is 1. The third-order valence-corrected chi connectivity index (χ3v) is 3.06. The van der Waals surface area contributed by atoms with E-state index in [0.29, 0.717) is 0 Å². The first-order valence-electron chi connectivity index (χ1n) is 5.94. The van der Waals surface area contributed by atoms with Crippen LogP contribution in [0.5, 0.6) is 0 Å². The molecule has 0 aliphatic carbocycles. The van der Waals surface area contributed by atoms with Crippen molar-refractivity contribution in [3.8, 4) is 0 Å². The molecule has 21 heavy (non-hydrogen) atoms. The van der Waals surface area contributed by atoms with Gasteiger partial charge < -0.3 is 5.32 Å². The minimum absolute atomic E-state index is 0.0212. The van der Waals surface area contributed by atoms with Gasteiger partial charge in [-0.25, -0.2) is 4.39 Å². The number of carbonyl (C=O) groups is 1. The van der Waals surface area contributed by atoms with E-state index < -0.39 is 16.6 Å². The van der Waals surface area contributed by atoms with E-state index in [2.05, 4.69) is 5.32 Å². The summed E-state index contributed by atoms with van der Waals surface area (Å²) in [5.74, 6) is -0.952. The van der Waals surface area contributed by atoms with Crippen LogP contribution in [-0.4, -0.2) is 10.8 Å². The van der Waals surface area contributed by atoms with Crippen molar-refractivity contribution < 1.29 is 14.1 Å². The van der Waals surface area contributed by atoms with E-state index in [1.807, 2.05) is 0 Å². The molecule has 108 valence electrons. The highest BCUT2D eigenvalue weighted by Crippen LogP contribution is 2.27. The summed E-state index contributed by atoms with van der Waals surface area (Å²) in [5, 5.41) is 13.2. The molecule has 5 nitrogen and oxygen atoms in total. The second kappa shape index (κ2) is 6.32. The zero-order chi connectivity index (χ0) is 15.4. The van der Waals surface area contributed by atoms with E-state index in [-0.39, 0.29) is 28.4 Å². The summed E-state index contributed by atoms with van der Waals surface area (Å²) in [4.78, 5) is 21.9. The summed E-state index contributed by atoms with van der Waals surface area (Å²) in [6.45, 7) is 0. The van der Waals surface area contributed by atoms with Gasteiger partial charge in [0.1, 0.15) is 10.8 Å². The van der Waals surface area contributed by atoms with Gasteiger partial charge in [0.05, 0.1) is 11.3 Å². The highest BCUT2D eigenvalue weighted by atomic mass is 35.5. The molecule has 0 aliphatic heterocycles. The van der Waals surface area contributed by atoms with Crippen LogP contribution in [-0.2, 0) is 11.2 Å². The lowest BCUT2D eigenvalue weighted by Gasteiger charge is -2.06. The van der Waals surface area contributed by atoms with Crippen LogP contribution >= 0.6 is 11.6 Å². The second-order valence-electron chi connectivity index (χ2n) is 4.24. The number of hydrogen-bond donors (Lipinski definition) is 1. The van der Waals surface area contributed by atoms with Crippen molar-refractivity contribution in [3.05, 3.63) is 69.0 Å². The largest absolute Gasteiger partial charge is 0.326 e. The topological polar surface area (TPSA) is 72.2 Å². The summed E-state index contributed by atoms with van der Waals surface area (Å²) in [5.41, 5.74) is 0.172. The maximum absolute atomic E-state index is 13.4. The van der Waals surface area contributed by atoms with Crippen molar-refractivity contribution in [1.29, 1.82) is 0 Å². The molecule has 7 heteroatoms. The summed E-state index contributed by atoms with van der Waals surface area (Å²) >= 11 is 5.67. The lowest BCUT2D eigenvalue weighted by molar-refractivity contribution is -0.384. The van der Waals surface area contributed by atoms with Crippen molar-refractivity contribution in [2.75, 3.05) is 5.32 Å². The Kier molecular flexibility index (Phi) is 4.49. The molecular weight excluding hydrogens is 299 g/mol. The van der Waals surface area contributed by atoms with E-state index in [1.54, 1.807) is 6.07 Å². The number of nitrogens with one attached hydrogen (secondary N) is 1. The van der Waals surface area contributed by atoms with Gasteiger partial charge in [-0.05, 0) is 23.8 Å². The lowest BCUT2D eigenvalue weighted by Crippen LogP contribution is -2.15. The van der Waals surface area contributed by atoms with E-state index in [1.165, 1.54) is 30.3 Å². The van der Waals surface area contributed by atoms with Crippen LogP contribution in [0.1, 0.15) is 5.56 Å². The second-order valence-corrected chi connectivity index (χ2v) is 4.65. The monoisotopic (exact) mass is 308 g/mol. The predicted octanol–water partition coefficient (Wildman–Crippen LogP) is 3.57. The Labute approximate surface area is 124 Å². The number of rotatable bonds is 4. The lowest BCUT2D eigenvalue weighted by atomic mass is 10.1. The smallest absolute Gasteiger partial charge is 0.289 e. The maximum atomic E-state index is 13.4. The van der Waals surface area contributed by atoms with Crippen LogP contribution in [0.4, 0.5) is 15.8 Å². The zero-order valence-electron chi connectivity index (χ0n) is 10.7. The van der Waals surface area contributed by atoms with Gasteiger partial charge in [0.15, 0.2) is 0 Å². The molecule has 0 radical (unpaired) electrons. The number of halogens is 2. The Hall–Kier alpha value is -2.47. The molecule has 0 fully saturated rings. The fraction of sp³-hybridized carbons (Fsp3) is 0.0714. The molecule has 2 rings (SSSR count). The van der Waals surface area contributed by atoms with Crippen LogP contribution in [0.25, 0.3) is 0 Å². The number of carbonyl (C=O) groups excluding carboxylic acids is 1. The van der Waals surface area contributed by atoms with Crippen LogP contribution in [0.3, 0.4) is 0 Å². The molecule has 0 spiro atoms. The van der Waals surface area contributed by atoms with Crippen LogP contribution < -0.4 is 5.32 Å². The van der Waals surface area contributed by atoms with Gasteiger partial charge in [0.2, 0.25) is 5.91 Å². The minimum atomic E-state index is -0.644. The average Bonchev–Trinajstić information content (AvgIpc) is 2.43. The van der Waals surface area contributed by atoms with E-state index >= 15 is 0 Å². The Balaban J connectivity index is 2.12. The van der Waals surface area contributed by atoms with E-state index in [9.17, 15) is 19.3 Å². The molecule has 0 heterocycles. The standard InChI is InChI=1S/C14H10ClFN2O3/c15-11-6-5-10(8-13(11)18(20)21)17-14(19)7-9-3-1-2-4-12(9)16/h1-6,8H,7H2,(H,17,19). The van der Waals surface area contributed by atoms with Crippen LogP contribution in [0.2, 0.25) is 5.02 Å². The molecule has 0 aliphatic rings. The fourth-order valence-corrected chi connectivity index (χ4v) is 1.94. The Bertz CT molecular complexity index is 706. The van der Waals surface area contributed by atoms with E-state index in [4.69, 9.17) is 11.6 Å². The molecule has 0 unspecified atom stereocenters. The first-order chi connectivity index (χ1) is 9.97. The molecule has 0 saturated carbocycles. The average molecular weight is 309 g/mol. The Morgan fingerprint density at radius 3 is 2.67 bits per heavy atom. The molecular formula is C14H10ClFN2O3. The molecule has 1 amide bonds. The highest BCUT2D eigenvalue weighted by Gasteiger charge is 2.14. The van der Waals surface area contributed by atoms with Gasteiger partial charge in [0, 0.05) is 11.8 Å². The third kappa shape index (κ3) is 3.76. The van der Waals surface area contributed by atoms with Gasteiger partial charge >= 0.3 is 0 Å². The highest BCUT2D eigenvalue weighted by molar-refractivity contribution is 6.32. The molecule has 2 aromatic carbocycles. The molecule has 0 saturated heterocycles. The fourth-order valence-electron chi connectivity index (χ4n) is 1.75. The van der Waals surface area contributed by atoms with E-state index in [0.717, 1.165) is 6.07 Å². The summed E-state index contributed by atoms with van der Waals surface area (Å²) in [6.07, 6.45) is -0.164. The molecule has 0 bridgehead atoms. The van der Waals surface area contributed by atoms with Crippen molar-refractivity contribution in [1.82, 2.24) is 0 Å². The van der Waals surface area contributed by atoms with Crippen molar-refractivity contribution in [2.45, 2.75) is 6.42 Å². The Morgan fingerprint density at radius 2 is 2.00 bits per heavy atom. The number of nitrogens with zero attached hydrogens (tertiary/aromatic N) is 1. The first-order valence-corrected chi connectivity index (χ1v) is 6.32. The SMILES string of the molecule is O=C(Cc1ccccc1F)Nc1ccc(Cl)c([N+](=O)[O-])c1. The number of nitro benzene ring substituents is 1. The maximum Gasteiger partial charge on any atom is 0.289 e.